The first-order chi connectivity index (χ1) is 12.3. The maximum atomic E-state index is 4.25. The second-order valence-electron chi connectivity index (χ2n) is 5.47. The zero-order valence-electron chi connectivity index (χ0n) is 13.5. The van der Waals surface area contributed by atoms with E-state index in [9.17, 15) is 0 Å². The first-order valence-electron chi connectivity index (χ1n) is 7.77. The van der Waals surface area contributed by atoms with E-state index in [1.165, 1.54) is 5.56 Å². The lowest BCUT2D eigenvalue weighted by atomic mass is 10.2. The Kier molecular flexibility index (Phi) is 4.17. The maximum Gasteiger partial charge on any atom is 0.248 e. The van der Waals surface area contributed by atoms with Crippen LogP contribution in [0.3, 0.4) is 0 Å². The minimum Gasteiger partial charge on any atom is -0.346 e. The van der Waals surface area contributed by atoms with E-state index in [1.807, 2.05) is 61.5 Å². The van der Waals surface area contributed by atoms with Gasteiger partial charge >= 0.3 is 0 Å². The lowest BCUT2D eigenvalue weighted by molar-refractivity contribution is 0.788. The summed E-state index contributed by atoms with van der Waals surface area (Å²) in [7, 11) is 0. The number of benzene rings is 2. The third-order valence-corrected chi connectivity index (χ3v) is 4.61. The lowest BCUT2D eigenvalue weighted by Crippen LogP contribution is -2.07. The van der Waals surface area contributed by atoms with Gasteiger partial charge in [0.15, 0.2) is 0 Å². The number of hydrogen-bond donors (Lipinski definition) is 1. The van der Waals surface area contributed by atoms with E-state index in [0.717, 1.165) is 21.3 Å². The molecule has 2 heterocycles. The maximum absolute atomic E-state index is 4.25. The van der Waals surface area contributed by atoms with Crippen molar-refractivity contribution in [3.05, 3.63) is 65.2 Å². The zero-order chi connectivity index (χ0) is 17.1. The molecule has 0 fully saturated rings. The van der Waals surface area contributed by atoms with Crippen LogP contribution in [-0.4, -0.2) is 30.4 Å². The molecule has 0 atom stereocenters. The second-order valence-corrected chi connectivity index (χ2v) is 6.53. The van der Waals surface area contributed by atoms with Gasteiger partial charge in [-0.3, -0.25) is 0 Å². The number of aromatic nitrogens is 6. The number of hydrogen-bond acceptors (Lipinski definition) is 7. The molecule has 0 spiro atoms. The summed E-state index contributed by atoms with van der Waals surface area (Å²) in [6, 6.07) is 18.0. The Bertz CT molecular complexity index is 960. The molecule has 0 saturated carbocycles. The highest BCUT2D eigenvalue weighted by atomic mass is 32.1. The lowest BCUT2D eigenvalue weighted by Gasteiger charge is -2.05. The molecule has 0 aliphatic rings. The van der Waals surface area contributed by atoms with Crippen LogP contribution < -0.4 is 5.32 Å². The Morgan fingerprint density at radius 3 is 2.56 bits per heavy atom. The molecule has 25 heavy (non-hydrogen) atoms. The molecule has 0 amide bonds. The largest absolute Gasteiger partial charge is 0.346 e. The number of anilines is 1. The van der Waals surface area contributed by atoms with E-state index >= 15 is 0 Å². The summed E-state index contributed by atoms with van der Waals surface area (Å²) in [5.74, 6) is 0.570. The first-order valence-corrected chi connectivity index (χ1v) is 8.58. The van der Waals surface area contributed by atoms with Crippen LogP contribution in [0, 0.1) is 6.92 Å². The van der Waals surface area contributed by atoms with Crippen LogP contribution in [0.25, 0.3) is 16.3 Å². The molecule has 0 radical (unpaired) electrons. The zero-order valence-corrected chi connectivity index (χ0v) is 14.3. The van der Waals surface area contributed by atoms with Gasteiger partial charge in [0, 0.05) is 5.56 Å². The van der Waals surface area contributed by atoms with Crippen molar-refractivity contribution in [2.45, 2.75) is 13.5 Å². The van der Waals surface area contributed by atoms with E-state index in [-0.39, 0.29) is 0 Å². The van der Waals surface area contributed by atoms with Gasteiger partial charge in [-0.2, -0.15) is 4.68 Å². The fraction of sp³-hybridized carbons (Fsp3) is 0.118. The summed E-state index contributed by atoms with van der Waals surface area (Å²) in [5, 5.41) is 25.3. The van der Waals surface area contributed by atoms with Crippen LogP contribution in [0.15, 0.2) is 54.6 Å². The molecular formula is C17H15N7S. The monoisotopic (exact) mass is 349 g/mol. The molecule has 0 aliphatic heterocycles. The predicted octanol–water partition coefficient (Wildman–Crippen LogP) is 3.10. The van der Waals surface area contributed by atoms with E-state index in [4.69, 9.17) is 0 Å². The van der Waals surface area contributed by atoms with Gasteiger partial charge < -0.3 is 5.32 Å². The van der Waals surface area contributed by atoms with Gasteiger partial charge in [0.1, 0.15) is 10.0 Å². The molecule has 124 valence electrons. The summed E-state index contributed by atoms with van der Waals surface area (Å²) >= 11 is 1.55. The van der Waals surface area contributed by atoms with Crippen molar-refractivity contribution in [2.24, 2.45) is 0 Å². The van der Waals surface area contributed by atoms with Crippen molar-refractivity contribution in [1.82, 2.24) is 30.4 Å². The Labute approximate surface area is 148 Å². The molecular weight excluding hydrogens is 334 g/mol. The summed E-state index contributed by atoms with van der Waals surface area (Å²) in [6.45, 7) is 2.55. The highest BCUT2D eigenvalue weighted by molar-refractivity contribution is 7.14. The molecule has 2 aromatic heterocycles. The molecule has 2 aromatic carbocycles. The van der Waals surface area contributed by atoms with Gasteiger partial charge in [-0.05, 0) is 29.5 Å². The van der Waals surface area contributed by atoms with E-state index in [1.54, 1.807) is 16.0 Å². The van der Waals surface area contributed by atoms with Crippen LogP contribution in [0.5, 0.6) is 0 Å². The molecule has 4 rings (SSSR count). The van der Waals surface area contributed by atoms with Crippen LogP contribution >= 0.6 is 11.3 Å². The molecule has 0 unspecified atom stereocenters. The van der Waals surface area contributed by atoms with Gasteiger partial charge in [-0.25, -0.2) is 0 Å². The number of tetrazole rings is 1. The van der Waals surface area contributed by atoms with Gasteiger partial charge in [0.2, 0.25) is 5.95 Å². The number of nitrogens with one attached hydrogen (secondary N) is 1. The van der Waals surface area contributed by atoms with Crippen LogP contribution in [0.2, 0.25) is 0 Å². The van der Waals surface area contributed by atoms with Crippen molar-refractivity contribution >= 4 is 17.3 Å². The number of aryl methyl sites for hydroxylation is 1. The highest BCUT2D eigenvalue weighted by Crippen LogP contribution is 2.23. The van der Waals surface area contributed by atoms with E-state index in [0.29, 0.717) is 12.5 Å². The van der Waals surface area contributed by atoms with Gasteiger partial charge in [-0.1, -0.05) is 64.5 Å². The summed E-state index contributed by atoms with van der Waals surface area (Å²) < 4.78 is 1.67. The third kappa shape index (κ3) is 3.38. The number of rotatable bonds is 5. The van der Waals surface area contributed by atoms with Crippen molar-refractivity contribution in [1.29, 1.82) is 0 Å². The highest BCUT2D eigenvalue weighted by Gasteiger charge is 2.10. The van der Waals surface area contributed by atoms with Crippen LogP contribution in [-0.2, 0) is 6.54 Å². The van der Waals surface area contributed by atoms with Gasteiger partial charge in [-0.15, -0.1) is 10.2 Å². The van der Waals surface area contributed by atoms with Crippen molar-refractivity contribution < 1.29 is 0 Å². The average molecular weight is 349 g/mol. The Hall–Kier alpha value is -3.13. The smallest absolute Gasteiger partial charge is 0.248 e. The van der Waals surface area contributed by atoms with Crippen molar-refractivity contribution in [3.63, 3.8) is 0 Å². The molecule has 4 aromatic rings. The quantitative estimate of drug-likeness (QED) is 0.596. The average Bonchev–Trinajstić information content (AvgIpc) is 3.31. The van der Waals surface area contributed by atoms with E-state index < -0.39 is 0 Å². The topological polar surface area (TPSA) is 81.4 Å². The summed E-state index contributed by atoms with van der Waals surface area (Å²) in [4.78, 5) is 0. The standard InChI is InChI=1S/C17H15N7S/c1-12-7-9-14(10-8-12)24-17(21-22-23-24)18-11-15-19-20-16(25-15)13-5-3-2-4-6-13/h2-10H,11H2,1H3,(H,18,21,23). The summed E-state index contributed by atoms with van der Waals surface area (Å²) in [6.07, 6.45) is 0. The normalized spacial score (nSPS) is 10.8. The Balaban J connectivity index is 1.49. The SMILES string of the molecule is Cc1ccc(-n2nnnc2NCc2nnc(-c3ccccc3)s2)cc1. The Morgan fingerprint density at radius 1 is 0.960 bits per heavy atom. The third-order valence-electron chi connectivity index (χ3n) is 3.63. The fourth-order valence-electron chi connectivity index (χ4n) is 2.33. The molecule has 7 nitrogen and oxygen atoms in total. The predicted molar refractivity (Wildman–Crippen MR) is 96.6 cm³/mol. The van der Waals surface area contributed by atoms with Crippen molar-refractivity contribution in [3.8, 4) is 16.3 Å². The molecule has 8 heteroatoms. The van der Waals surface area contributed by atoms with Crippen LogP contribution in [0.4, 0.5) is 5.95 Å². The second kappa shape index (κ2) is 6.78. The van der Waals surface area contributed by atoms with E-state index in [2.05, 4.69) is 31.0 Å². The molecule has 1 N–H and O–H groups in total. The fourth-order valence-corrected chi connectivity index (χ4v) is 3.12. The van der Waals surface area contributed by atoms with Crippen LogP contribution in [0.1, 0.15) is 10.6 Å². The first kappa shape index (κ1) is 15.4. The minimum atomic E-state index is 0.511. The molecule has 0 saturated heterocycles. The molecule has 0 bridgehead atoms. The number of nitrogens with zero attached hydrogens (tertiary/aromatic N) is 6. The van der Waals surface area contributed by atoms with Gasteiger partial charge in [0.05, 0.1) is 12.2 Å². The van der Waals surface area contributed by atoms with Gasteiger partial charge in [0.25, 0.3) is 0 Å². The van der Waals surface area contributed by atoms with Crippen molar-refractivity contribution in [2.75, 3.05) is 5.32 Å². The Morgan fingerprint density at radius 2 is 1.76 bits per heavy atom. The minimum absolute atomic E-state index is 0.511. The molecule has 0 aliphatic carbocycles. The summed E-state index contributed by atoms with van der Waals surface area (Å²) in [5.41, 5.74) is 3.16.